The molecule has 1 aromatic heterocycles. The molecule has 2 bridgehead atoms. The lowest BCUT2D eigenvalue weighted by atomic mass is 9.70. The van der Waals surface area contributed by atoms with Gasteiger partial charge in [0, 0.05) is 11.5 Å². The number of anilines is 1. The molecule has 3 rings (SSSR count). The molecule has 0 amide bonds. The smallest absolute Gasteiger partial charge is 0.224 e. The summed E-state index contributed by atoms with van der Waals surface area (Å²) in [5.41, 5.74) is 6.13. The number of hydrogen-bond donors (Lipinski definition) is 1. The Morgan fingerprint density at radius 1 is 1.37 bits per heavy atom. The lowest BCUT2D eigenvalue weighted by molar-refractivity contribution is 0.0273. The highest BCUT2D eigenvalue weighted by atomic mass is 35.5. The first-order chi connectivity index (χ1) is 8.83. The van der Waals surface area contributed by atoms with E-state index >= 15 is 0 Å². The first-order valence-electron chi connectivity index (χ1n) is 6.79. The Hall–Kier alpha value is -1.03. The van der Waals surface area contributed by atoms with Crippen molar-refractivity contribution in [3.8, 4) is 5.88 Å². The number of hydrogen-bond acceptors (Lipinski definition) is 4. The fourth-order valence-electron chi connectivity index (χ4n) is 3.93. The number of nitrogens with two attached hydrogens (primary N) is 1. The molecule has 19 heavy (non-hydrogen) atoms. The molecular weight excluding hydrogens is 262 g/mol. The third-order valence-corrected chi connectivity index (χ3v) is 5.86. The van der Waals surface area contributed by atoms with Gasteiger partial charge in [-0.3, -0.25) is 0 Å². The number of fused-ring (bicyclic) bond motifs is 2. The Labute approximate surface area is 118 Å². The highest BCUT2D eigenvalue weighted by Gasteiger charge is 2.62. The molecule has 104 valence electrons. The van der Waals surface area contributed by atoms with Crippen molar-refractivity contribution in [2.45, 2.75) is 46.1 Å². The van der Waals surface area contributed by atoms with Crippen molar-refractivity contribution in [2.24, 2.45) is 16.7 Å². The minimum absolute atomic E-state index is 0.162. The van der Waals surface area contributed by atoms with Gasteiger partial charge in [0.05, 0.1) is 0 Å². The van der Waals surface area contributed by atoms with Crippen LogP contribution in [-0.2, 0) is 0 Å². The summed E-state index contributed by atoms with van der Waals surface area (Å²) >= 11 is 5.89. The molecule has 0 aliphatic heterocycles. The maximum atomic E-state index is 6.09. The van der Waals surface area contributed by atoms with E-state index in [4.69, 9.17) is 22.1 Å². The predicted molar refractivity (Wildman–Crippen MR) is 75.1 cm³/mol. The van der Waals surface area contributed by atoms with Crippen LogP contribution in [0, 0.1) is 16.7 Å². The number of halogens is 1. The van der Waals surface area contributed by atoms with Crippen LogP contribution in [0.5, 0.6) is 5.88 Å². The Bertz CT molecular complexity index is 499. The minimum atomic E-state index is 0.162. The monoisotopic (exact) mass is 281 g/mol. The summed E-state index contributed by atoms with van der Waals surface area (Å²) in [6.07, 6.45) is 3.79. The SMILES string of the molecule is CC1(C)C2CCC1(C)C(Oc1cc(Cl)nc(N)n1)C2. The van der Waals surface area contributed by atoms with Gasteiger partial charge < -0.3 is 10.5 Å². The Morgan fingerprint density at radius 3 is 2.63 bits per heavy atom. The van der Waals surface area contributed by atoms with Crippen molar-refractivity contribution in [3.05, 3.63) is 11.2 Å². The molecule has 2 aliphatic rings. The van der Waals surface area contributed by atoms with Crippen LogP contribution in [0.15, 0.2) is 6.07 Å². The Morgan fingerprint density at radius 2 is 2.11 bits per heavy atom. The van der Waals surface area contributed by atoms with E-state index in [9.17, 15) is 0 Å². The quantitative estimate of drug-likeness (QED) is 0.845. The summed E-state index contributed by atoms with van der Waals surface area (Å²) in [6, 6.07) is 1.64. The van der Waals surface area contributed by atoms with E-state index in [1.807, 2.05) is 0 Å². The third-order valence-electron chi connectivity index (χ3n) is 5.67. The largest absolute Gasteiger partial charge is 0.474 e. The van der Waals surface area contributed by atoms with Crippen molar-refractivity contribution in [2.75, 3.05) is 5.73 Å². The van der Waals surface area contributed by atoms with Gasteiger partial charge in [-0.15, -0.1) is 0 Å². The summed E-state index contributed by atoms with van der Waals surface area (Å²) in [7, 11) is 0. The van der Waals surface area contributed by atoms with E-state index in [2.05, 4.69) is 30.7 Å². The first kappa shape index (κ1) is 13.0. The van der Waals surface area contributed by atoms with Crippen molar-refractivity contribution in [1.29, 1.82) is 0 Å². The fourth-order valence-corrected chi connectivity index (χ4v) is 4.11. The first-order valence-corrected chi connectivity index (χ1v) is 7.17. The molecule has 2 saturated carbocycles. The summed E-state index contributed by atoms with van der Waals surface area (Å²) in [6.45, 7) is 7.04. The van der Waals surface area contributed by atoms with Crippen molar-refractivity contribution in [1.82, 2.24) is 9.97 Å². The molecule has 0 radical (unpaired) electrons. The maximum absolute atomic E-state index is 6.09. The van der Waals surface area contributed by atoms with Gasteiger partial charge in [0.2, 0.25) is 11.8 Å². The maximum Gasteiger partial charge on any atom is 0.224 e. The molecule has 3 unspecified atom stereocenters. The van der Waals surface area contributed by atoms with E-state index in [1.54, 1.807) is 6.07 Å². The van der Waals surface area contributed by atoms with Crippen LogP contribution in [-0.4, -0.2) is 16.1 Å². The number of aromatic nitrogens is 2. The highest BCUT2D eigenvalue weighted by molar-refractivity contribution is 6.29. The molecular formula is C14H20ClN3O. The molecule has 2 aliphatic carbocycles. The van der Waals surface area contributed by atoms with Gasteiger partial charge in [-0.05, 0) is 30.6 Å². The van der Waals surface area contributed by atoms with Gasteiger partial charge in [0.1, 0.15) is 11.3 Å². The zero-order chi connectivity index (χ0) is 13.8. The Kier molecular flexibility index (Phi) is 2.72. The topological polar surface area (TPSA) is 61.0 Å². The molecule has 0 aromatic carbocycles. The molecule has 4 nitrogen and oxygen atoms in total. The van der Waals surface area contributed by atoms with Gasteiger partial charge in [0.15, 0.2) is 0 Å². The number of ether oxygens (including phenoxy) is 1. The Balaban J connectivity index is 1.86. The zero-order valence-electron chi connectivity index (χ0n) is 11.6. The zero-order valence-corrected chi connectivity index (χ0v) is 12.4. The van der Waals surface area contributed by atoms with Crippen LogP contribution in [0.3, 0.4) is 0 Å². The molecule has 2 N–H and O–H groups in total. The van der Waals surface area contributed by atoms with Crippen LogP contribution < -0.4 is 10.5 Å². The average Bonchev–Trinajstić information content (AvgIpc) is 2.60. The van der Waals surface area contributed by atoms with Gasteiger partial charge in [-0.25, -0.2) is 4.98 Å². The van der Waals surface area contributed by atoms with Crippen molar-refractivity contribution in [3.63, 3.8) is 0 Å². The van der Waals surface area contributed by atoms with E-state index in [0.717, 1.165) is 12.3 Å². The van der Waals surface area contributed by atoms with Crippen LogP contribution >= 0.6 is 11.6 Å². The van der Waals surface area contributed by atoms with Crippen LogP contribution in [0.4, 0.5) is 5.95 Å². The summed E-state index contributed by atoms with van der Waals surface area (Å²) in [5.74, 6) is 1.39. The summed E-state index contributed by atoms with van der Waals surface area (Å²) in [4.78, 5) is 7.97. The summed E-state index contributed by atoms with van der Waals surface area (Å²) < 4.78 is 6.09. The molecule has 2 fully saturated rings. The van der Waals surface area contributed by atoms with E-state index in [0.29, 0.717) is 16.4 Å². The molecule has 1 heterocycles. The van der Waals surface area contributed by atoms with E-state index in [-0.39, 0.29) is 17.5 Å². The lowest BCUT2D eigenvalue weighted by Crippen LogP contribution is -2.39. The summed E-state index contributed by atoms with van der Waals surface area (Å²) in [5, 5.41) is 0.329. The number of nitrogens with zero attached hydrogens (tertiary/aromatic N) is 2. The predicted octanol–water partition coefficient (Wildman–Crippen LogP) is 3.31. The van der Waals surface area contributed by atoms with Crippen LogP contribution in [0.2, 0.25) is 5.15 Å². The normalized spacial score (nSPS) is 35.6. The van der Waals surface area contributed by atoms with Crippen LogP contribution in [0.1, 0.15) is 40.0 Å². The van der Waals surface area contributed by atoms with Crippen LogP contribution in [0.25, 0.3) is 0 Å². The average molecular weight is 282 g/mol. The molecule has 0 saturated heterocycles. The molecule has 0 spiro atoms. The van der Waals surface area contributed by atoms with Crippen molar-refractivity contribution >= 4 is 17.5 Å². The fraction of sp³-hybridized carbons (Fsp3) is 0.714. The number of rotatable bonds is 2. The lowest BCUT2D eigenvalue weighted by Gasteiger charge is -2.38. The van der Waals surface area contributed by atoms with Gasteiger partial charge in [-0.1, -0.05) is 32.4 Å². The van der Waals surface area contributed by atoms with E-state index in [1.165, 1.54) is 12.8 Å². The molecule has 1 aromatic rings. The molecule has 3 atom stereocenters. The van der Waals surface area contributed by atoms with Gasteiger partial charge >= 0.3 is 0 Å². The second-order valence-electron chi connectivity index (χ2n) is 6.60. The van der Waals surface area contributed by atoms with Gasteiger partial charge in [-0.2, -0.15) is 4.98 Å². The molecule has 5 heteroatoms. The second-order valence-corrected chi connectivity index (χ2v) is 6.99. The third kappa shape index (κ3) is 1.80. The van der Waals surface area contributed by atoms with Crippen molar-refractivity contribution < 1.29 is 4.74 Å². The standard InChI is InChI=1S/C14H20ClN3O/c1-13(2)8-4-5-14(13,3)9(6-8)19-11-7-10(15)17-12(16)18-11/h7-9H,4-6H2,1-3H3,(H2,16,17,18). The van der Waals surface area contributed by atoms with Gasteiger partial charge in [0.25, 0.3) is 0 Å². The number of nitrogen functional groups attached to an aromatic ring is 1. The van der Waals surface area contributed by atoms with E-state index < -0.39 is 0 Å². The minimum Gasteiger partial charge on any atom is -0.474 e. The highest BCUT2D eigenvalue weighted by Crippen LogP contribution is 2.66. The second kappa shape index (κ2) is 3.98.